The van der Waals surface area contributed by atoms with Gasteiger partial charge in [-0.2, -0.15) is 0 Å². The average Bonchev–Trinajstić information content (AvgIpc) is 3.09. The Labute approximate surface area is 106 Å². The molecule has 17 heavy (non-hydrogen) atoms. The molecule has 1 fully saturated rings. The quantitative estimate of drug-likeness (QED) is 0.905. The number of nitrogens with one attached hydrogen (secondary N) is 1. The molecule has 0 aliphatic heterocycles. The van der Waals surface area contributed by atoms with E-state index in [1.165, 1.54) is 12.8 Å². The van der Waals surface area contributed by atoms with Crippen LogP contribution in [0.5, 0.6) is 0 Å². The first-order valence-electron chi connectivity index (χ1n) is 6.06. The standard InChI is InChI=1S/C13H16ClN3/c1-8(15-2)13-16-11-5-3-4-10(14)12(11)17(13)9-6-7-9/h3-5,8-9,15H,6-7H2,1-2H3. The van der Waals surface area contributed by atoms with Gasteiger partial charge in [-0.05, 0) is 38.9 Å². The molecule has 3 nitrogen and oxygen atoms in total. The van der Waals surface area contributed by atoms with E-state index in [-0.39, 0.29) is 6.04 Å². The molecule has 1 atom stereocenters. The number of para-hydroxylation sites is 1. The van der Waals surface area contributed by atoms with Gasteiger partial charge in [-0.3, -0.25) is 0 Å². The molecule has 1 aliphatic carbocycles. The molecule has 3 rings (SSSR count). The van der Waals surface area contributed by atoms with Crippen molar-refractivity contribution in [3.63, 3.8) is 0 Å². The summed E-state index contributed by atoms with van der Waals surface area (Å²) in [6, 6.07) is 6.78. The van der Waals surface area contributed by atoms with Crippen LogP contribution in [0.3, 0.4) is 0 Å². The predicted octanol–water partition coefficient (Wildman–Crippen LogP) is 3.31. The van der Waals surface area contributed by atoms with Crippen LogP contribution in [-0.4, -0.2) is 16.6 Å². The van der Waals surface area contributed by atoms with Gasteiger partial charge >= 0.3 is 0 Å². The second-order valence-electron chi connectivity index (χ2n) is 4.69. The van der Waals surface area contributed by atoms with Crippen LogP contribution >= 0.6 is 11.6 Å². The Morgan fingerprint density at radius 1 is 1.47 bits per heavy atom. The minimum atomic E-state index is 0.249. The number of fused-ring (bicyclic) bond motifs is 1. The summed E-state index contributed by atoms with van der Waals surface area (Å²) in [4.78, 5) is 4.72. The zero-order chi connectivity index (χ0) is 12.0. The fraction of sp³-hybridized carbons (Fsp3) is 0.462. The van der Waals surface area contributed by atoms with E-state index in [1.807, 2.05) is 25.2 Å². The SMILES string of the molecule is CNC(C)c1nc2cccc(Cl)c2n1C1CC1. The van der Waals surface area contributed by atoms with Gasteiger partial charge < -0.3 is 9.88 Å². The molecule has 0 saturated heterocycles. The lowest BCUT2D eigenvalue weighted by Crippen LogP contribution is -2.17. The Morgan fingerprint density at radius 2 is 2.24 bits per heavy atom. The van der Waals surface area contributed by atoms with Gasteiger partial charge in [0.15, 0.2) is 0 Å². The second kappa shape index (κ2) is 4.00. The van der Waals surface area contributed by atoms with Crippen molar-refractivity contribution in [3.8, 4) is 0 Å². The van der Waals surface area contributed by atoms with Gasteiger partial charge in [-0.25, -0.2) is 4.98 Å². The zero-order valence-electron chi connectivity index (χ0n) is 10.1. The smallest absolute Gasteiger partial charge is 0.127 e. The first-order valence-corrected chi connectivity index (χ1v) is 6.43. The van der Waals surface area contributed by atoms with Crippen molar-refractivity contribution in [2.75, 3.05) is 7.05 Å². The molecule has 1 saturated carbocycles. The van der Waals surface area contributed by atoms with Gasteiger partial charge in [0, 0.05) is 6.04 Å². The second-order valence-corrected chi connectivity index (χ2v) is 5.10. The number of benzene rings is 1. The van der Waals surface area contributed by atoms with Crippen LogP contribution in [0.15, 0.2) is 18.2 Å². The van der Waals surface area contributed by atoms with Gasteiger partial charge in [0.1, 0.15) is 5.82 Å². The van der Waals surface area contributed by atoms with Gasteiger partial charge in [-0.1, -0.05) is 17.7 Å². The highest BCUT2D eigenvalue weighted by molar-refractivity contribution is 6.35. The van der Waals surface area contributed by atoms with Crippen LogP contribution in [0, 0.1) is 0 Å². The summed E-state index contributed by atoms with van der Waals surface area (Å²) in [7, 11) is 1.96. The summed E-state index contributed by atoms with van der Waals surface area (Å²) in [5, 5.41) is 4.06. The van der Waals surface area contributed by atoms with Crippen molar-refractivity contribution in [2.45, 2.75) is 31.8 Å². The van der Waals surface area contributed by atoms with Crippen molar-refractivity contribution in [3.05, 3.63) is 29.0 Å². The zero-order valence-corrected chi connectivity index (χ0v) is 10.8. The third kappa shape index (κ3) is 1.74. The molecule has 1 N–H and O–H groups in total. The van der Waals surface area contributed by atoms with Crippen LogP contribution < -0.4 is 5.32 Å². The Bertz CT molecular complexity index is 557. The van der Waals surface area contributed by atoms with Gasteiger partial charge in [0.25, 0.3) is 0 Å². The van der Waals surface area contributed by atoms with Crippen LogP contribution in [-0.2, 0) is 0 Å². The van der Waals surface area contributed by atoms with E-state index < -0.39 is 0 Å². The molecule has 0 amide bonds. The molecule has 90 valence electrons. The number of hydrogen-bond donors (Lipinski definition) is 1. The first-order chi connectivity index (χ1) is 8.22. The van der Waals surface area contributed by atoms with Crippen molar-refractivity contribution < 1.29 is 0 Å². The average molecular weight is 250 g/mol. The molecular formula is C13H16ClN3. The third-order valence-electron chi connectivity index (χ3n) is 3.42. The summed E-state index contributed by atoms with van der Waals surface area (Å²) in [6.45, 7) is 2.13. The number of imidazole rings is 1. The molecule has 1 unspecified atom stereocenters. The molecular weight excluding hydrogens is 234 g/mol. The minimum Gasteiger partial charge on any atom is -0.322 e. The van der Waals surface area contributed by atoms with E-state index in [0.29, 0.717) is 6.04 Å². The molecule has 0 spiro atoms. The number of hydrogen-bond acceptors (Lipinski definition) is 2. The van der Waals surface area contributed by atoms with Crippen LogP contribution in [0.1, 0.15) is 37.7 Å². The van der Waals surface area contributed by atoms with Crippen LogP contribution in [0.2, 0.25) is 5.02 Å². The monoisotopic (exact) mass is 249 g/mol. The molecule has 1 aliphatic rings. The summed E-state index contributed by atoms with van der Waals surface area (Å²) < 4.78 is 2.32. The van der Waals surface area contributed by atoms with Gasteiger partial charge in [0.05, 0.1) is 22.1 Å². The van der Waals surface area contributed by atoms with E-state index in [0.717, 1.165) is 21.9 Å². The van der Waals surface area contributed by atoms with Crippen LogP contribution in [0.25, 0.3) is 11.0 Å². The number of halogens is 1. The fourth-order valence-corrected chi connectivity index (χ4v) is 2.52. The largest absolute Gasteiger partial charge is 0.322 e. The van der Waals surface area contributed by atoms with Gasteiger partial charge in [0.2, 0.25) is 0 Å². The molecule has 2 aromatic rings. The number of nitrogens with zero attached hydrogens (tertiary/aromatic N) is 2. The predicted molar refractivity (Wildman–Crippen MR) is 70.5 cm³/mol. The molecule has 0 radical (unpaired) electrons. The molecule has 4 heteroatoms. The highest BCUT2D eigenvalue weighted by atomic mass is 35.5. The van der Waals surface area contributed by atoms with E-state index in [2.05, 4.69) is 16.8 Å². The highest BCUT2D eigenvalue weighted by Gasteiger charge is 2.30. The minimum absolute atomic E-state index is 0.249. The highest BCUT2D eigenvalue weighted by Crippen LogP contribution is 2.41. The van der Waals surface area contributed by atoms with E-state index >= 15 is 0 Å². The Morgan fingerprint density at radius 3 is 2.88 bits per heavy atom. The van der Waals surface area contributed by atoms with E-state index in [1.54, 1.807) is 0 Å². The first kappa shape index (κ1) is 11.1. The Balaban J connectivity index is 2.28. The molecule has 1 aromatic heterocycles. The molecule has 0 bridgehead atoms. The maximum absolute atomic E-state index is 6.31. The maximum atomic E-state index is 6.31. The summed E-state index contributed by atoms with van der Waals surface area (Å²) in [5.74, 6) is 1.10. The lowest BCUT2D eigenvalue weighted by Gasteiger charge is -2.13. The van der Waals surface area contributed by atoms with E-state index in [9.17, 15) is 0 Å². The third-order valence-corrected chi connectivity index (χ3v) is 3.73. The lowest BCUT2D eigenvalue weighted by atomic mass is 10.3. The maximum Gasteiger partial charge on any atom is 0.127 e. The van der Waals surface area contributed by atoms with Crippen molar-refractivity contribution in [1.29, 1.82) is 0 Å². The van der Waals surface area contributed by atoms with Crippen molar-refractivity contribution in [2.24, 2.45) is 0 Å². The normalized spacial score (nSPS) is 17.6. The number of rotatable bonds is 3. The number of aromatic nitrogens is 2. The van der Waals surface area contributed by atoms with Crippen LogP contribution in [0.4, 0.5) is 0 Å². The molecule has 1 heterocycles. The topological polar surface area (TPSA) is 29.9 Å². The fourth-order valence-electron chi connectivity index (χ4n) is 2.26. The summed E-state index contributed by atoms with van der Waals surface area (Å²) in [5.41, 5.74) is 2.09. The molecule has 1 aromatic carbocycles. The summed E-state index contributed by atoms with van der Waals surface area (Å²) >= 11 is 6.31. The van der Waals surface area contributed by atoms with Gasteiger partial charge in [-0.15, -0.1) is 0 Å². The van der Waals surface area contributed by atoms with Crippen molar-refractivity contribution >= 4 is 22.6 Å². The van der Waals surface area contributed by atoms with E-state index in [4.69, 9.17) is 16.6 Å². The Kier molecular flexibility index (Phi) is 2.60. The Hall–Kier alpha value is -1.06. The summed E-state index contributed by atoms with van der Waals surface area (Å²) in [6.07, 6.45) is 2.47. The van der Waals surface area contributed by atoms with Crippen molar-refractivity contribution in [1.82, 2.24) is 14.9 Å². The lowest BCUT2D eigenvalue weighted by molar-refractivity contribution is 0.565.